The molecule has 4 amide bonds. The maximum atomic E-state index is 13.6. The van der Waals surface area contributed by atoms with Gasteiger partial charge >= 0.3 is 6.03 Å². The summed E-state index contributed by atoms with van der Waals surface area (Å²) in [6.07, 6.45) is 25.1. The summed E-state index contributed by atoms with van der Waals surface area (Å²) in [5, 5.41) is 3.27. The first kappa shape index (κ1) is 32.1. The van der Waals surface area contributed by atoms with E-state index < -0.39 is 5.91 Å². The first-order chi connectivity index (χ1) is 20.0. The van der Waals surface area contributed by atoms with Crippen LogP contribution in [0, 0.1) is 11.8 Å². The Labute approximate surface area is 248 Å². The van der Waals surface area contributed by atoms with E-state index in [4.69, 9.17) is 10.5 Å². The summed E-state index contributed by atoms with van der Waals surface area (Å²) in [5.41, 5.74) is 5.55. The fourth-order valence-electron chi connectivity index (χ4n) is 7.77. The predicted octanol–water partition coefficient (Wildman–Crippen LogP) is 5.91. The molecule has 4 aliphatic carbocycles. The van der Waals surface area contributed by atoms with Crippen molar-refractivity contribution in [1.82, 2.24) is 15.1 Å². The van der Waals surface area contributed by atoms with E-state index in [2.05, 4.69) is 5.32 Å². The lowest BCUT2D eigenvalue weighted by Gasteiger charge is -2.35. The number of rotatable bonds is 13. The zero-order chi connectivity index (χ0) is 28.9. The summed E-state index contributed by atoms with van der Waals surface area (Å²) in [6.45, 7) is 1.07. The molecule has 0 aromatic rings. The van der Waals surface area contributed by atoms with Gasteiger partial charge in [0, 0.05) is 19.1 Å². The Morgan fingerprint density at radius 3 is 1.83 bits per heavy atom. The van der Waals surface area contributed by atoms with E-state index in [0.29, 0.717) is 31.2 Å². The van der Waals surface area contributed by atoms with Gasteiger partial charge in [-0.3, -0.25) is 9.59 Å². The lowest BCUT2D eigenvalue weighted by atomic mass is 9.86. The van der Waals surface area contributed by atoms with Gasteiger partial charge in [0.05, 0.1) is 18.8 Å². The number of nitrogens with two attached hydrogens (primary N) is 1. The van der Waals surface area contributed by atoms with Crippen molar-refractivity contribution in [3.8, 4) is 0 Å². The van der Waals surface area contributed by atoms with Crippen LogP contribution < -0.4 is 11.1 Å². The first-order valence-corrected chi connectivity index (χ1v) is 17.2. The molecule has 0 heterocycles. The molecule has 4 fully saturated rings. The van der Waals surface area contributed by atoms with Crippen LogP contribution >= 0.6 is 0 Å². The second-order valence-corrected chi connectivity index (χ2v) is 13.6. The molecule has 0 spiro atoms. The maximum absolute atomic E-state index is 13.6. The monoisotopic (exact) mass is 574 g/mol. The lowest BCUT2D eigenvalue weighted by molar-refractivity contribution is -0.136. The highest BCUT2D eigenvalue weighted by molar-refractivity contribution is 5.87. The normalized spacial score (nSPS) is 25.0. The van der Waals surface area contributed by atoms with Crippen LogP contribution in [0.4, 0.5) is 4.79 Å². The van der Waals surface area contributed by atoms with Crippen molar-refractivity contribution in [1.29, 1.82) is 0 Å². The van der Waals surface area contributed by atoms with E-state index in [1.807, 2.05) is 0 Å². The van der Waals surface area contributed by atoms with Gasteiger partial charge in [-0.1, -0.05) is 70.6 Å². The second-order valence-electron chi connectivity index (χ2n) is 13.6. The van der Waals surface area contributed by atoms with E-state index in [0.717, 1.165) is 57.3 Å². The van der Waals surface area contributed by atoms with Gasteiger partial charge in [0.25, 0.3) is 0 Å². The zero-order valence-electron chi connectivity index (χ0n) is 25.7. The van der Waals surface area contributed by atoms with Crippen LogP contribution in [0.25, 0.3) is 0 Å². The number of primary amides is 1. The first-order valence-electron chi connectivity index (χ1n) is 17.2. The molecular weight excluding hydrogens is 516 g/mol. The van der Waals surface area contributed by atoms with Crippen LogP contribution in [-0.4, -0.2) is 72.1 Å². The van der Waals surface area contributed by atoms with E-state index in [1.165, 1.54) is 83.5 Å². The smallest absolute Gasteiger partial charge is 0.318 e. The predicted molar refractivity (Wildman–Crippen MR) is 162 cm³/mol. The van der Waals surface area contributed by atoms with E-state index >= 15 is 0 Å². The molecule has 3 N–H and O–H groups in total. The van der Waals surface area contributed by atoms with Crippen molar-refractivity contribution in [2.45, 2.75) is 153 Å². The number of carbonyl (C=O) groups is 3. The average Bonchev–Trinajstić information content (AvgIpc) is 2.98. The Morgan fingerprint density at radius 2 is 1.22 bits per heavy atom. The third-order valence-electron chi connectivity index (χ3n) is 10.2. The molecule has 0 radical (unpaired) electrons. The van der Waals surface area contributed by atoms with Crippen molar-refractivity contribution < 1.29 is 19.1 Å². The average molecular weight is 575 g/mol. The van der Waals surface area contributed by atoms with Gasteiger partial charge < -0.3 is 25.6 Å². The molecule has 0 unspecified atom stereocenters. The minimum atomic E-state index is -0.491. The third kappa shape index (κ3) is 11.4. The van der Waals surface area contributed by atoms with Gasteiger partial charge in [-0.05, 0) is 76.0 Å². The lowest BCUT2D eigenvalue weighted by Crippen LogP contribution is -2.52. The largest absolute Gasteiger partial charge is 0.375 e. The fraction of sp³-hybridized carbons (Fsp3) is 0.909. The Balaban J connectivity index is 1.30. The molecule has 0 atom stereocenters. The van der Waals surface area contributed by atoms with Gasteiger partial charge in [0.15, 0.2) is 0 Å². The number of hydrogen-bond donors (Lipinski definition) is 2. The number of carbonyl (C=O) groups excluding carboxylic acids is 3. The highest BCUT2D eigenvalue weighted by atomic mass is 16.5. The van der Waals surface area contributed by atoms with Crippen LogP contribution in [0.2, 0.25) is 0 Å². The van der Waals surface area contributed by atoms with Gasteiger partial charge in [0.2, 0.25) is 11.8 Å². The molecular formula is C33H58N4O4. The number of ether oxygens (including phenoxy) is 1. The minimum absolute atomic E-state index is 0.0106. The summed E-state index contributed by atoms with van der Waals surface area (Å²) in [5.74, 6) is 0.495. The second kappa shape index (κ2) is 17.3. The van der Waals surface area contributed by atoms with Crippen LogP contribution in [0.15, 0.2) is 0 Å². The van der Waals surface area contributed by atoms with Crippen molar-refractivity contribution >= 4 is 17.8 Å². The molecule has 0 aromatic heterocycles. The molecule has 8 heteroatoms. The molecule has 234 valence electrons. The summed E-state index contributed by atoms with van der Waals surface area (Å²) in [4.78, 5) is 42.3. The highest BCUT2D eigenvalue weighted by Crippen LogP contribution is 2.29. The minimum Gasteiger partial charge on any atom is -0.375 e. The van der Waals surface area contributed by atoms with Gasteiger partial charge in [-0.2, -0.15) is 0 Å². The van der Waals surface area contributed by atoms with Crippen LogP contribution in [0.1, 0.15) is 135 Å². The van der Waals surface area contributed by atoms with Crippen molar-refractivity contribution in [2.75, 3.05) is 26.2 Å². The van der Waals surface area contributed by atoms with E-state index in [1.54, 1.807) is 9.80 Å². The Bertz CT molecular complexity index is 797. The molecule has 0 aliphatic heterocycles. The van der Waals surface area contributed by atoms with Crippen molar-refractivity contribution in [3.63, 3.8) is 0 Å². The topological polar surface area (TPSA) is 105 Å². The van der Waals surface area contributed by atoms with Gasteiger partial charge in [-0.15, -0.1) is 0 Å². The molecule has 8 nitrogen and oxygen atoms in total. The number of nitrogens with zero attached hydrogens (tertiary/aromatic N) is 2. The van der Waals surface area contributed by atoms with Gasteiger partial charge in [-0.25, -0.2) is 4.79 Å². The summed E-state index contributed by atoms with van der Waals surface area (Å²) in [7, 11) is 0. The van der Waals surface area contributed by atoms with E-state index in [9.17, 15) is 14.4 Å². The molecule has 0 aromatic carbocycles. The molecule has 4 saturated carbocycles. The SMILES string of the molecule is NC(=O)CN(CC1CCCCC1)C(=O)CN(CCCC1CCCCC1)C(=O)NC1CCC(OC2CCCCC2)CC1. The van der Waals surface area contributed by atoms with Gasteiger partial charge in [0.1, 0.15) is 6.54 Å². The van der Waals surface area contributed by atoms with Crippen LogP contribution in [0.5, 0.6) is 0 Å². The Kier molecular flexibility index (Phi) is 13.6. The Morgan fingerprint density at radius 1 is 0.659 bits per heavy atom. The van der Waals surface area contributed by atoms with Crippen LogP contribution in [-0.2, 0) is 14.3 Å². The van der Waals surface area contributed by atoms with Crippen molar-refractivity contribution in [2.24, 2.45) is 17.6 Å². The molecule has 4 rings (SSSR count). The molecule has 41 heavy (non-hydrogen) atoms. The zero-order valence-corrected chi connectivity index (χ0v) is 25.7. The maximum Gasteiger partial charge on any atom is 0.318 e. The number of amides is 4. The summed E-state index contributed by atoms with van der Waals surface area (Å²) < 4.78 is 6.41. The highest BCUT2D eigenvalue weighted by Gasteiger charge is 2.29. The van der Waals surface area contributed by atoms with Crippen molar-refractivity contribution in [3.05, 3.63) is 0 Å². The number of urea groups is 1. The fourth-order valence-corrected chi connectivity index (χ4v) is 7.77. The van der Waals surface area contributed by atoms with Crippen LogP contribution in [0.3, 0.4) is 0 Å². The van der Waals surface area contributed by atoms with E-state index in [-0.39, 0.29) is 31.1 Å². The quantitative estimate of drug-likeness (QED) is 0.285. The summed E-state index contributed by atoms with van der Waals surface area (Å²) >= 11 is 0. The standard InChI is InChI=1S/C33H58N4O4/c34-31(38)24-37(23-27-13-6-2-7-14-27)32(39)25-36(22-10-15-26-11-4-1-5-12-26)33(40)35-28-18-20-30(21-19-28)41-29-16-8-3-9-17-29/h26-30H,1-25H2,(H2,34,38)(H,35,40). The molecule has 4 aliphatic rings. The molecule has 0 saturated heterocycles. The third-order valence-corrected chi connectivity index (χ3v) is 10.2. The Hall–Kier alpha value is -1.83. The number of nitrogens with one attached hydrogen (secondary N) is 1. The number of hydrogen-bond acceptors (Lipinski definition) is 4. The summed E-state index contributed by atoms with van der Waals surface area (Å²) in [6, 6.07) is -0.0241. The molecule has 0 bridgehead atoms.